The van der Waals surface area contributed by atoms with Crippen LogP contribution in [-0.2, 0) is 4.79 Å². The van der Waals surface area contributed by atoms with Gasteiger partial charge in [0.05, 0.1) is 17.8 Å². The van der Waals surface area contributed by atoms with E-state index in [-0.39, 0.29) is 6.04 Å². The number of carboxylic acid groups (broad SMARTS) is 1. The number of hydrogen-bond donors (Lipinski definition) is 3. The Labute approximate surface area is 231 Å². The summed E-state index contributed by atoms with van der Waals surface area (Å²) < 4.78 is 0. The molecule has 202 valence electrons. The number of likely N-dealkylation sites (tertiary alicyclic amines) is 1. The summed E-state index contributed by atoms with van der Waals surface area (Å²) in [5.41, 5.74) is 1.78. The zero-order valence-electron chi connectivity index (χ0n) is 21.6. The van der Waals surface area contributed by atoms with E-state index in [1.165, 1.54) is 12.8 Å². The molecule has 0 spiro atoms. The van der Waals surface area contributed by atoms with E-state index in [4.69, 9.17) is 33.2 Å². The summed E-state index contributed by atoms with van der Waals surface area (Å²) in [5.74, 6) is 1.92. The van der Waals surface area contributed by atoms with Crippen LogP contribution >= 0.6 is 23.2 Å². The number of H-pyrrole nitrogens is 1. The lowest BCUT2D eigenvalue weighted by Gasteiger charge is -2.52. The van der Waals surface area contributed by atoms with Crippen molar-refractivity contribution in [1.82, 2.24) is 24.8 Å². The van der Waals surface area contributed by atoms with E-state index in [2.05, 4.69) is 25.1 Å². The number of aromatic nitrogens is 4. The molecule has 11 heteroatoms. The Hall–Kier alpha value is -2.62. The monoisotopic (exact) mass is 557 g/mol. The third-order valence-electron chi connectivity index (χ3n) is 8.81. The number of imidazole rings is 1. The number of aromatic amines is 1. The van der Waals surface area contributed by atoms with Gasteiger partial charge in [0.25, 0.3) is 0 Å². The van der Waals surface area contributed by atoms with Crippen molar-refractivity contribution in [2.24, 2.45) is 17.3 Å². The van der Waals surface area contributed by atoms with E-state index in [1.807, 2.05) is 26.0 Å². The van der Waals surface area contributed by atoms with Crippen molar-refractivity contribution >= 4 is 52.1 Å². The van der Waals surface area contributed by atoms with Gasteiger partial charge in [-0.05, 0) is 75.6 Å². The van der Waals surface area contributed by atoms with Crippen molar-refractivity contribution in [2.45, 2.75) is 51.6 Å². The molecule has 0 unspecified atom stereocenters. The van der Waals surface area contributed by atoms with Crippen LogP contribution in [0.25, 0.3) is 11.2 Å². The summed E-state index contributed by atoms with van der Waals surface area (Å²) >= 11 is 12.5. The van der Waals surface area contributed by atoms with Gasteiger partial charge < -0.3 is 25.2 Å². The number of hydrogen-bond acceptors (Lipinski definition) is 7. The van der Waals surface area contributed by atoms with Crippen LogP contribution < -0.4 is 10.2 Å². The van der Waals surface area contributed by atoms with Gasteiger partial charge in [0.2, 0.25) is 5.95 Å². The van der Waals surface area contributed by atoms with Crippen LogP contribution in [0.15, 0.2) is 24.5 Å². The van der Waals surface area contributed by atoms with Gasteiger partial charge in [-0.15, -0.1) is 0 Å². The molecule has 1 aliphatic carbocycles. The highest BCUT2D eigenvalue weighted by molar-refractivity contribution is 6.35. The number of carbonyl (C=O) groups is 1. The number of anilines is 2. The first-order chi connectivity index (χ1) is 18.2. The topological polar surface area (TPSA) is 110 Å². The van der Waals surface area contributed by atoms with Crippen LogP contribution in [0, 0.1) is 17.3 Å². The zero-order valence-corrected chi connectivity index (χ0v) is 23.1. The molecule has 0 radical (unpaired) electrons. The second-order valence-corrected chi connectivity index (χ2v) is 12.3. The number of carboxylic acids is 1. The summed E-state index contributed by atoms with van der Waals surface area (Å²) in [6.45, 7) is 7.89. The quantitative estimate of drug-likeness (QED) is 0.362. The molecule has 3 aliphatic rings. The van der Waals surface area contributed by atoms with Gasteiger partial charge in [-0.1, -0.05) is 29.3 Å². The third-order valence-corrected chi connectivity index (χ3v) is 9.37. The second kappa shape index (κ2) is 9.84. The standard InChI is InChI=1S/C27H33Cl2N7O2/c1-15(20-6-5-18(28)8-21(20)29)32-24-22-23(31-14-30-22)33-26(34-24)36-12-17(13-36)16-4-3-7-35(11-16)19-9-27(2,10-19)25(37)38/h5-6,8,14-17,19H,3-4,7,9-13H2,1-2H3,(H,37,38)(H2,30,31,32,33,34)/t15-,16+,19?,27?/m1/s1. The molecule has 9 nitrogen and oxygen atoms in total. The molecule has 2 saturated heterocycles. The predicted octanol–water partition coefficient (Wildman–Crippen LogP) is 5.23. The lowest BCUT2D eigenvalue weighted by molar-refractivity contribution is -0.158. The molecule has 3 fully saturated rings. The Morgan fingerprint density at radius 3 is 2.74 bits per heavy atom. The Balaban J connectivity index is 1.11. The maximum atomic E-state index is 11.5. The van der Waals surface area contributed by atoms with Crippen molar-refractivity contribution in [3.63, 3.8) is 0 Å². The first-order valence-corrected chi connectivity index (χ1v) is 14.1. The van der Waals surface area contributed by atoms with Gasteiger partial charge in [0, 0.05) is 35.7 Å². The zero-order chi connectivity index (χ0) is 26.6. The van der Waals surface area contributed by atoms with Crippen LogP contribution in [-0.4, -0.2) is 68.1 Å². The highest BCUT2D eigenvalue weighted by Crippen LogP contribution is 2.45. The number of nitrogens with zero attached hydrogens (tertiary/aromatic N) is 5. The Kier molecular flexibility index (Phi) is 6.64. The SMILES string of the molecule is C[C@@H](Nc1nc(N2CC([C@H]3CCCN(C4CC(C)(C(=O)O)C4)C3)C2)nc2nc[nH]c12)c1ccc(Cl)cc1Cl. The molecule has 0 amide bonds. The molecule has 2 atom stereocenters. The van der Waals surface area contributed by atoms with Gasteiger partial charge in [-0.2, -0.15) is 9.97 Å². The molecular weight excluding hydrogens is 525 g/mol. The first-order valence-electron chi connectivity index (χ1n) is 13.3. The fourth-order valence-electron chi connectivity index (χ4n) is 6.35. The van der Waals surface area contributed by atoms with Crippen molar-refractivity contribution < 1.29 is 9.90 Å². The number of benzene rings is 1. The van der Waals surface area contributed by atoms with Crippen molar-refractivity contribution in [1.29, 1.82) is 0 Å². The van der Waals surface area contributed by atoms with E-state index < -0.39 is 11.4 Å². The fourth-order valence-corrected chi connectivity index (χ4v) is 6.92. The van der Waals surface area contributed by atoms with E-state index in [1.54, 1.807) is 12.4 Å². The molecule has 6 rings (SSSR count). The largest absolute Gasteiger partial charge is 0.481 e. The Bertz CT molecular complexity index is 1350. The smallest absolute Gasteiger partial charge is 0.309 e. The summed E-state index contributed by atoms with van der Waals surface area (Å²) in [7, 11) is 0. The van der Waals surface area contributed by atoms with E-state index in [0.717, 1.165) is 50.1 Å². The summed E-state index contributed by atoms with van der Waals surface area (Å²) in [4.78, 5) is 33.5. The number of piperidine rings is 1. The third kappa shape index (κ3) is 4.69. The first kappa shape index (κ1) is 25.6. The van der Waals surface area contributed by atoms with Gasteiger partial charge in [-0.25, -0.2) is 4.98 Å². The van der Waals surface area contributed by atoms with Crippen molar-refractivity contribution in [2.75, 3.05) is 36.4 Å². The average molecular weight is 559 g/mol. The summed E-state index contributed by atoms with van der Waals surface area (Å²) in [6, 6.07) is 5.82. The number of aliphatic carboxylic acids is 1. The summed E-state index contributed by atoms with van der Waals surface area (Å²) in [6.07, 6.45) is 5.57. The molecule has 1 aromatic carbocycles. The van der Waals surface area contributed by atoms with Gasteiger partial charge >= 0.3 is 5.97 Å². The van der Waals surface area contributed by atoms with E-state index in [9.17, 15) is 9.90 Å². The van der Waals surface area contributed by atoms with Gasteiger partial charge in [0.15, 0.2) is 11.5 Å². The highest BCUT2D eigenvalue weighted by atomic mass is 35.5. The van der Waals surface area contributed by atoms with Crippen LogP contribution in [0.3, 0.4) is 0 Å². The molecule has 1 saturated carbocycles. The van der Waals surface area contributed by atoms with Gasteiger partial charge in [-0.3, -0.25) is 4.79 Å². The van der Waals surface area contributed by atoms with Crippen LogP contribution in [0.2, 0.25) is 10.0 Å². The maximum Gasteiger partial charge on any atom is 0.309 e. The molecule has 3 aromatic rings. The lowest BCUT2D eigenvalue weighted by atomic mass is 9.65. The number of rotatable bonds is 7. The summed E-state index contributed by atoms with van der Waals surface area (Å²) in [5, 5.41) is 14.2. The van der Waals surface area contributed by atoms with Crippen LogP contribution in [0.4, 0.5) is 11.8 Å². The van der Waals surface area contributed by atoms with Crippen molar-refractivity contribution in [3.05, 3.63) is 40.1 Å². The minimum Gasteiger partial charge on any atom is -0.481 e. The molecule has 0 bridgehead atoms. The second-order valence-electron chi connectivity index (χ2n) is 11.5. The Morgan fingerprint density at radius 1 is 1.21 bits per heavy atom. The highest BCUT2D eigenvalue weighted by Gasteiger charge is 2.49. The Morgan fingerprint density at radius 2 is 2.00 bits per heavy atom. The van der Waals surface area contributed by atoms with E-state index in [0.29, 0.717) is 45.3 Å². The molecule has 3 N–H and O–H groups in total. The van der Waals surface area contributed by atoms with Gasteiger partial charge in [0.1, 0.15) is 5.52 Å². The number of nitrogens with one attached hydrogen (secondary N) is 2. The predicted molar refractivity (Wildman–Crippen MR) is 149 cm³/mol. The molecule has 2 aromatic heterocycles. The average Bonchev–Trinajstić information content (AvgIpc) is 3.30. The number of fused-ring (bicyclic) bond motifs is 1. The minimum atomic E-state index is -0.662. The van der Waals surface area contributed by atoms with Crippen molar-refractivity contribution in [3.8, 4) is 0 Å². The van der Waals surface area contributed by atoms with E-state index >= 15 is 0 Å². The lowest BCUT2D eigenvalue weighted by Crippen LogP contribution is -2.58. The number of halogens is 2. The van der Waals surface area contributed by atoms with Crippen LogP contribution in [0.1, 0.15) is 51.1 Å². The van der Waals surface area contributed by atoms with Crippen LogP contribution in [0.5, 0.6) is 0 Å². The molecule has 38 heavy (non-hydrogen) atoms. The molecule has 2 aliphatic heterocycles. The normalized spacial score (nSPS) is 27.1. The fraction of sp³-hybridized carbons (Fsp3) is 0.556. The minimum absolute atomic E-state index is 0.0964. The molecular formula is C27H33Cl2N7O2. The maximum absolute atomic E-state index is 11.5. The molecule has 4 heterocycles.